The second kappa shape index (κ2) is 13.3. The van der Waals surface area contributed by atoms with Gasteiger partial charge in [0.15, 0.2) is 5.96 Å². The summed E-state index contributed by atoms with van der Waals surface area (Å²) >= 11 is 0. The van der Waals surface area contributed by atoms with Gasteiger partial charge in [-0.25, -0.2) is 0 Å². The van der Waals surface area contributed by atoms with E-state index < -0.39 is 0 Å². The molecule has 0 radical (unpaired) electrons. The van der Waals surface area contributed by atoms with E-state index in [1.165, 1.54) is 5.56 Å². The monoisotopic (exact) mass is 490 g/mol. The van der Waals surface area contributed by atoms with Gasteiger partial charge in [-0.3, -0.25) is 4.99 Å². The lowest BCUT2D eigenvalue weighted by molar-refractivity contribution is -0.00255. The number of hydrogen-bond donors (Lipinski definition) is 2. The first-order valence-electron chi connectivity index (χ1n) is 9.55. The zero-order chi connectivity index (χ0) is 18.7. The number of hydrogen-bond acceptors (Lipinski definition) is 4. The summed E-state index contributed by atoms with van der Waals surface area (Å²) in [4.78, 5) is 7.13. The van der Waals surface area contributed by atoms with E-state index in [2.05, 4.69) is 48.7 Å². The standard InChI is InChI=1S/C20H34N4O2.HI/c1-4-21-19(22-12-15-26-16-18-8-6-5-7-9-18)23-17-20(24(2)3)10-13-25-14-11-20;/h5-9H,4,10-17H2,1-3H3,(H2,21,22,23);1H. The van der Waals surface area contributed by atoms with Crippen molar-refractivity contribution in [2.45, 2.75) is 31.9 Å². The minimum atomic E-state index is 0. The van der Waals surface area contributed by atoms with Crippen LogP contribution in [0.15, 0.2) is 35.3 Å². The fourth-order valence-electron chi connectivity index (χ4n) is 3.07. The summed E-state index contributed by atoms with van der Waals surface area (Å²) in [5, 5.41) is 6.69. The third-order valence-corrected chi connectivity index (χ3v) is 4.90. The fraction of sp³-hybridized carbons (Fsp3) is 0.650. The van der Waals surface area contributed by atoms with E-state index in [1.807, 2.05) is 18.2 Å². The van der Waals surface area contributed by atoms with Crippen molar-refractivity contribution < 1.29 is 9.47 Å². The Morgan fingerprint density at radius 2 is 1.89 bits per heavy atom. The van der Waals surface area contributed by atoms with Crippen LogP contribution in [0, 0.1) is 0 Å². The Hall–Kier alpha value is -0.900. The number of likely N-dealkylation sites (N-methyl/N-ethyl adjacent to an activating group) is 1. The Morgan fingerprint density at radius 3 is 2.52 bits per heavy atom. The summed E-state index contributed by atoms with van der Waals surface area (Å²) in [5.41, 5.74) is 1.28. The number of ether oxygens (including phenoxy) is 2. The average Bonchev–Trinajstić information content (AvgIpc) is 2.67. The summed E-state index contributed by atoms with van der Waals surface area (Å²) in [6.45, 7) is 7.33. The highest BCUT2D eigenvalue weighted by Crippen LogP contribution is 2.26. The third-order valence-electron chi connectivity index (χ3n) is 4.90. The van der Waals surface area contributed by atoms with E-state index in [1.54, 1.807) is 0 Å². The van der Waals surface area contributed by atoms with Gasteiger partial charge < -0.3 is 25.0 Å². The highest BCUT2D eigenvalue weighted by atomic mass is 127. The molecule has 0 aliphatic carbocycles. The second-order valence-electron chi connectivity index (χ2n) is 6.89. The molecule has 1 aliphatic rings. The lowest BCUT2D eigenvalue weighted by atomic mass is 9.89. The number of halogens is 1. The van der Waals surface area contributed by atoms with Gasteiger partial charge >= 0.3 is 0 Å². The molecule has 27 heavy (non-hydrogen) atoms. The maximum Gasteiger partial charge on any atom is 0.191 e. The smallest absolute Gasteiger partial charge is 0.191 e. The lowest BCUT2D eigenvalue weighted by Crippen LogP contribution is -2.51. The topological polar surface area (TPSA) is 58.1 Å². The maximum atomic E-state index is 5.73. The van der Waals surface area contributed by atoms with Crippen molar-refractivity contribution in [2.24, 2.45) is 4.99 Å². The van der Waals surface area contributed by atoms with Crippen LogP contribution >= 0.6 is 24.0 Å². The van der Waals surface area contributed by atoms with Crippen molar-refractivity contribution in [3.05, 3.63) is 35.9 Å². The van der Waals surface area contributed by atoms with E-state index in [0.29, 0.717) is 13.2 Å². The van der Waals surface area contributed by atoms with Gasteiger partial charge in [0.05, 0.1) is 19.8 Å². The number of benzene rings is 1. The quantitative estimate of drug-likeness (QED) is 0.241. The van der Waals surface area contributed by atoms with Crippen LogP contribution in [0.5, 0.6) is 0 Å². The van der Waals surface area contributed by atoms with Crippen molar-refractivity contribution in [1.82, 2.24) is 15.5 Å². The molecular formula is C20H35IN4O2. The molecule has 1 saturated heterocycles. The summed E-state index contributed by atoms with van der Waals surface area (Å²) in [6, 6.07) is 10.2. The van der Waals surface area contributed by atoms with Crippen molar-refractivity contribution in [2.75, 3.05) is 53.6 Å². The second-order valence-corrected chi connectivity index (χ2v) is 6.89. The molecule has 0 saturated carbocycles. The summed E-state index contributed by atoms with van der Waals surface area (Å²) in [7, 11) is 4.28. The van der Waals surface area contributed by atoms with Crippen molar-refractivity contribution in [3.8, 4) is 0 Å². The number of nitrogens with zero attached hydrogens (tertiary/aromatic N) is 2. The molecule has 0 spiro atoms. The van der Waals surface area contributed by atoms with Gasteiger partial charge in [-0.2, -0.15) is 0 Å². The Kier molecular flexibility index (Phi) is 11.9. The molecule has 2 N–H and O–H groups in total. The Labute approximate surface area is 181 Å². The van der Waals surface area contributed by atoms with Crippen molar-refractivity contribution >= 4 is 29.9 Å². The highest BCUT2D eigenvalue weighted by molar-refractivity contribution is 14.0. The fourth-order valence-corrected chi connectivity index (χ4v) is 3.07. The van der Waals surface area contributed by atoms with Crippen molar-refractivity contribution in [3.63, 3.8) is 0 Å². The van der Waals surface area contributed by atoms with E-state index in [4.69, 9.17) is 14.5 Å². The Morgan fingerprint density at radius 1 is 1.19 bits per heavy atom. The Bertz CT molecular complexity index is 534. The van der Waals surface area contributed by atoms with Gasteiger partial charge in [-0.1, -0.05) is 30.3 Å². The van der Waals surface area contributed by atoms with Crippen LogP contribution < -0.4 is 10.6 Å². The lowest BCUT2D eigenvalue weighted by Gasteiger charge is -2.41. The summed E-state index contributed by atoms with van der Waals surface area (Å²) in [6.07, 6.45) is 2.03. The normalized spacial score (nSPS) is 16.7. The molecule has 0 bridgehead atoms. The number of nitrogens with one attached hydrogen (secondary N) is 2. The number of guanidine groups is 1. The van der Waals surface area contributed by atoms with Gasteiger partial charge in [-0.05, 0) is 39.4 Å². The van der Waals surface area contributed by atoms with E-state index in [9.17, 15) is 0 Å². The molecule has 1 aromatic rings. The molecule has 2 rings (SSSR count). The highest BCUT2D eigenvalue weighted by Gasteiger charge is 2.34. The van der Waals surface area contributed by atoms with Gasteiger partial charge in [0.1, 0.15) is 0 Å². The first-order chi connectivity index (χ1) is 12.7. The first-order valence-corrected chi connectivity index (χ1v) is 9.55. The largest absolute Gasteiger partial charge is 0.381 e. The van der Waals surface area contributed by atoms with E-state index in [-0.39, 0.29) is 29.5 Å². The van der Waals surface area contributed by atoms with Crippen LogP contribution in [0.3, 0.4) is 0 Å². The van der Waals surface area contributed by atoms with Crippen LogP contribution in [-0.2, 0) is 16.1 Å². The van der Waals surface area contributed by atoms with Crippen LogP contribution in [0.4, 0.5) is 0 Å². The molecular weight excluding hydrogens is 455 g/mol. The molecule has 1 fully saturated rings. The van der Waals surface area contributed by atoms with Crippen molar-refractivity contribution in [1.29, 1.82) is 0 Å². The predicted octanol–water partition coefficient (Wildman–Crippen LogP) is 2.49. The molecule has 1 aromatic carbocycles. The average molecular weight is 490 g/mol. The minimum Gasteiger partial charge on any atom is -0.381 e. The van der Waals surface area contributed by atoms with E-state index in [0.717, 1.165) is 51.6 Å². The maximum absolute atomic E-state index is 5.73. The molecule has 154 valence electrons. The predicted molar refractivity (Wildman–Crippen MR) is 122 cm³/mol. The van der Waals surface area contributed by atoms with Crippen LogP contribution in [0.1, 0.15) is 25.3 Å². The minimum absolute atomic E-state index is 0. The number of aliphatic imine (C=N–C) groups is 1. The van der Waals surface area contributed by atoms with Crippen LogP contribution in [-0.4, -0.2) is 69.9 Å². The zero-order valence-electron chi connectivity index (χ0n) is 16.9. The zero-order valence-corrected chi connectivity index (χ0v) is 19.2. The molecule has 1 heterocycles. The van der Waals surface area contributed by atoms with Gasteiger partial charge in [0.2, 0.25) is 0 Å². The third kappa shape index (κ3) is 8.33. The molecule has 0 unspecified atom stereocenters. The number of rotatable bonds is 9. The molecule has 6 nitrogen and oxygen atoms in total. The molecule has 0 atom stereocenters. The Balaban J connectivity index is 0.00000364. The molecule has 0 amide bonds. The summed E-state index contributed by atoms with van der Waals surface area (Å²) < 4.78 is 11.3. The van der Waals surface area contributed by atoms with Crippen LogP contribution in [0.2, 0.25) is 0 Å². The first kappa shape index (κ1) is 24.1. The van der Waals surface area contributed by atoms with Gasteiger partial charge in [-0.15, -0.1) is 24.0 Å². The molecule has 7 heteroatoms. The molecule has 0 aromatic heterocycles. The van der Waals surface area contributed by atoms with Gasteiger partial charge in [0, 0.05) is 31.8 Å². The molecule has 1 aliphatic heterocycles. The van der Waals surface area contributed by atoms with Gasteiger partial charge in [0.25, 0.3) is 0 Å². The SMILES string of the molecule is CCNC(=NCC1(N(C)C)CCOCC1)NCCOCc1ccccc1.I. The van der Waals surface area contributed by atoms with Crippen LogP contribution in [0.25, 0.3) is 0 Å². The van der Waals surface area contributed by atoms with E-state index >= 15 is 0 Å². The summed E-state index contributed by atoms with van der Waals surface area (Å²) in [5.74, 6) is 0.850.